The van der Waals surface area contributed by atoms with Gasteiger partial charge in [-0.15, -0.1) is 10.2 Å². The topological polar surface area (TPSA) is 59.8 Å². The lowest BCUT2D eigenvalue weighted by atomic mass is 9.97. The average molecular weight is 385 g/mol. The number of nitrogens with one attached hydrogen (secondary N) is 1. The molecule has 1 atom stereocenters. The Labute approximate surface area is 165 Å². The Morgan fingerprint density at radius 1 is 1.19 bits per heavy atom. The fourth-order valence-electron chi connectivity index (χ4n) is 3.48. The third-order valence-electron chi connectivity index (χ3n) is 5.12. The number of amides is 1. The Hall–Kier alpha value is -1.82. The van der Waals surface area contributed by atoms with Crippen LogP contribution in [0.5, 0.6) is 0 Å². The molecule has 2 aliphatic rings. The van der Waals surface area contributed by atoms with Crippen LogP contribution in [0.4, 0.5) is 0 Å². The Kier molecular flexibility index (Phi) is 5.53. The molecule has 1 amide bonds. The fourth-order valence-corrected chi connectivity index (χ4v) is 4.31. The Morgan fingerprint density at radius 3 is 2.56 bits per heavy atom. The summed E-state index contributed by atoms with van der Waals surface area (Å²) in [6.07, 6.45) is 5.81. The summed E-state index contributed by atoms with van der Waals surface area (Å²) in [5.41, 5.74) is 1.17. The predicted molar refractivity (Wildman–Crippen MR) is 108 cm³/mol. The summed E-state index contributed by atoms with van der Waals surface area (Å²) in [4.78, 5) is 12.6. The smallest absolute Gasteiger partial charge is 0.230 e. The van der Waals surface area contributed by atoms with E-state index in [4.69, 9.17) is 0 Å². The molecule has 0 unspecified atom stereocenters. The van der Waals surface area contributed by atoms with E-state index in [-0.39, 0.29) is 11.9 Å². The van der Waals surface area contributed by atoms with Crippen LogP contribution in [0.2, 0.25) is 0 Å². The molecule has 5 nitrogen and oxygen atoms in total. The van der Waals surface area contributed by atoms with Crippen molar-refractivity contribution in [2.75, 3.05) is 5.75 Å². The molecule has 4 rings (SSSR count). The van der Waals surface area contributed by atoms with Gasteiger partial charge in [0.2, 0.25) is 5.91 Å². The van der Waals surface area contributed by atoms with Crippen molar-refractivity contribution < 1.29 is 4.79 Å². The molecule has 6 heteroatoms. The largest absolute Gasteiger partial charge is 0.349 e. The van der Waals surface area contributed by atoms with E-state index in [9.17, 15) is 4.79 Å². The molecule has 0 spiro atoms. The van der Waals surface area contributed by atoms with Crippen LogP contribution in [0.25, 0.3) is 0 Å². The zero-order chi connectivity index (χ0) is 18.8. The highest BCUT2D eigenvalue weighted by atomic mass is 32.2. The van der Waals surface area contributed by atoms with Crippen molar-refractivity contribution in [3.8, 4) is 0 Å². The first-order chi connectivity index (χ1) is 13.1. The van der Waals surface area contributed by atoms with Crippen LogP contribution in [-0.4, -0.2) is 26.4 Å². The Balaban J connectivity index is 1.39. The highest BCUT2D eigenvalue weighted by Crippen LogP contribution is 2.45. The lowest BCUT2D eigenvalue weighted by molar-refractivity contribution is -0.119. The second-order valence-electron chi connectivity index (χ2n) is 8.17. The fraction of sp³-hybridized carbons (Fsp3) is 0.571. The minimum atomic E-state index is 0.0580. The van der Waals surface area contributed by atoms with Crippen LogP contribution in [0, 0.1) is 5.92 Å². The molecular formula is C21H28N4OS. The maximum absolute atomic E-state index is 12.6. The normalized spacial score (nSPS) is 17.9. The van der Waals surface area contributed by atoms with Crippen LogP contribution in [0.15, 0.2) is 35.5 Å². The van der Waals surface area contributed by atoms with Gasteiger partial charge in [-0.25, -0.2) is 0 Å². The first-order valence-electron chi connectivity index (χ1n) is 10.0. The van der Waals surface area contributed by atoms with Crippen LogP contribution in [0.1, 0.15) is 75.3 Å². The van der Waals surface area contributed by atoms with E-state index in [0.29, 0.717) is 23.6 Å². The summed E-state index contributed by atoms with van der Waals surface area (Å²) in [5.74, 6) is 2.70. The third-order valence-corrected chi connectivity index (χ3v) is 6.07. The molecule has 2 aliphatic carbocycles. The maximum Gasteiger partial charge on any atom is 0.230 e. The van der Waals surface area contributed by atoms with Gasteiger partial charge in [0.15, 0.2) is 5.16 Å². The monoisotopic (exact) mass is 384 g/mol. The number of hydrogen-bond acceptors (Lipinski definition) is 4. The van der Waals surface area contributed by atoms with Gasteiger partial charge in [-0.1, -0.05) is 55.9 Å². The summed E-state index contributed by atoms with van der Waals surface area (Å²) in [5, 5.41) is 13.0. The van der Waals surface area contributed by atoms with Gasteiger partial charge in [0.25, 0.3) is 0 Å². The summed E-state index contributed by atoms with van der Waals surface area (Å²) in [6.45, 7) is 4.38. The van der Waals surface area contributed by atoms with Crippen molar-refractivity contribution >= 4 is 17.7 Å². The molecule has 1 N–H and O–H groups in total. The number of nitrogens with zero attached hydrogens (tertiary/aromatic N) is 3. The molecule has 1 aromatic carbocycles. The second-order valence-corrected chi connectivity index (χ2v) is 9.11. The van der Waals surface area contributed by atoms with Crippen LogP contribution < -0.4 is 5.32 Å². The highest BCUT2D eigenvalue weighted by Gasteiger charge is 2.36. The van der Waals surface area contributed by atoms with Gasteiger partial charge in [-0.3, -0.25) is 4.79 Å². The molecule has 0 bridgehead atoms. The summed E-state index contributed by atoms with van der Waals surface area (Å²) >= 11 is 1.52. The first kappa shape index (κ1) is 18.5. The van der Waals surface area contributed by atoms with E-state index >= 15 is 0 Å². The van der Waals surface area contributed by atoms with Crippen molar-refractivity contribution in [2.24, 2.45) is 5.92 Å². The van der Waals surface area contributed by atoms with Gasteiger partial charge in [0.05, 0.1) is 11.8 Å². The number of benzene rings is 1. The van der Waals surface area contributed by atoms with Gasteiger partial charge in [-0.05, 0) is 43.6 Å². The average Bonchev–Trinajstić information content (AvgIpc) is 3.58. The predicted octanol–water partition coefficient (Wildman–Crippen LogP) is 4.49. The molecule has 2 fully saturated rings. The molecule has 0 saturated heterocycles. The number of thioether (sulfide) groups is 1. The molecule has 1 aromatic heterocycles. The summed E-state index contributed by atoms with van der Waals surface area (Å²) in [7, 11) is 0. The van der Waals surface area contributed by atoms with E-state index in [2.05, 4.69) is 46.1 Å². The van der Waals surface area contributed by atoms with Crippen molar-refractivity contribution in [1.29, 1.82) is 0 Å². The number of carbonyl (C=O) groups excluding carboxylic acids is 1. The summed E-state index contributed by atoms with van der Waals surface area (Å²) in [6, 6.07) is 10.9. The van der Waals surface area contributed by atoms with Crippen LogP contribution >= 0.6 is 11.8 Å². The van der Waals surface area contributed by atoms with E-state index < -0.39 is 0 Å². The minimum Gasteiger partial charge on any atom is -0.349 e. The number of rotatable bonds is 9. The van der Waals surface area contributed by atoms with E-state index in [0.717, 1.165) is 17.4 Å². The quantitative estimate of drug-likeness (QED) is 0.647. The Morgan fingerprint density at radius 2 is 1.93 bits per heavy atom. The van der Waals surface area contributed by atoms with E-state index in [1.165, 1.54) is 43.0 Å². The lowest BCUT2D eigenvalue weighted by Gasteiger charge is -2.21. The Bertz CT molecular complexity index is 781. The molecule has 0 radical (unpaired) electrons. The highest BCUT2D eigenvalue weighted by molar-refractivity contribution is 7.99. The standard InChI is InChI=1S/C21H28N4OS/c1-14(2)12-18(15-6-4-3-5-7-15)22-19(26)13-27-21-24-23-20(16-8-9-16)25(21)17-10-11-17/h3-7,14,16-18H,8-13H2,1-2H3,(H,22,26)/t18-/m0/s1. The van der Waals surface area contributed by atoms with Gasteiger partial charge in [0.1, 0.15) is 5.82 Å². The van der Waals surface area contributed by atoms with Gasteiger partial charge in [-0.2, -0.15) is 0 Å². The maximum atomic E-state index is 12.6. The minimum absolute atomic E-state index is 0.0580. The molecule has 2 saturated carbocycles. The molecular weight excluding hydrogens is 356 g/mol. The van der Waals surface area contributed by atoms with Crippen molar-refractivity contribution in [1.82, 2.24) is 20.1 Å². The molecule has 2 aromatic rings. The van der Waals surface area contributed by atoms with Crippen LogP contribution in [-0.2, 0) is 4.79 Å². The van der Waals surface area contributed by atoms with Gasteiger partial charge < -0.3 is 9.88 Å². The van der Waals surface area contributed by atoms with E-state index in [1.54, 1.807) is 0 Å². The van der Waals surface area contributed by atoms with Gasteiger partial charge in [0, 0.05) is 12.0 Å². The first-order valence-corrected chi connectivity index (χ1v) is 11.0. The second kappa shape index (κ2) is 8.05. The van der Waals surface area contributed by atoms with Gasteiger partial charge >= 0.3 is 0 Å². The lowest BCUT2D eigenvalue weighted by Crippen LogP contribution is -2.31. The number of hydrogen-bond donors (Lipinski definition) is 1. The molecule has 0 aliphatic heterocycles. The van der Waals surface area contributed by atoms with E-state index in [1.807, 2.05) is 18.2 Å². The zero-order valence-corrected chi connectivity index (χ0v) is 16.9. The molecule has 1 heterocycles. The van der Waals surface area contributed by atoms with Crippen molar-refractivity contribution in [2.45, 2.75) is 69.1 Å². The number of aromatic nitrogens is 3. The molecule has 144 valence electrons. The van der Waals surface area contributed by atoms with Crippen molar-refractivity contribution in [3.05, 3.63) is 41.7 Å². The summed E-state index contributed by atoms with van der Waals surface area (Å²) < 4.78 is 2.30. The third kappa shape index (κ3) is 4.72. The zero-order valence-electron chi connectivity index (χ0n) is 16.1. The number of carbonyl (C=O) groups is 1. The SMILES string of the molecule is CC(C)C[C@H](NC(=O)CSc1nnc(C2CC2)n1C1CC1)c1ccccc1. The van der Waals surface area contributed by atoms with Crippen LogP contribution in [0.3, 0.4) is 0 Å². The van der Waals surface area contributed by atoms with Crippen molar-refractivity contribution in [3.63, 3.8) is 0 Å². The molecule has 27 heavy (non-hydrogen) atoms.